The molecule has 0 N–H and O–H groups in total. The number of carbonyl (C=O) groups excluding carboxylic acids is 1. The van der Waals surface area contributed by atoms with Crippen molar-refractivity contribution in [1.29, 1.82) is 0 Å². The average Bonchev–Trinajstić information content (AvgIpc) is 3.40. The van der Waals surface area contributed by atoms with Crippen molar-refractivity contribution in [3.63, 3.8) is 0 Å². The maximum Gasteiger partial charge on any atom is 0.267 e. The third-order valence-electron chi connectivity index (χ3n) is 8.90. The van der Waals surface area contributed by atoms with E-state index in [2.05, 4.69) is 25.7 Å². The van der Waals surface area contributed by atoms with E-state index >= 15 is 4.39 Å². The molecule has 7 rings (SSSR count). The zero-order valence-electron chi connectivity index (χ0n) is 24.9. The minimum Gasteiger partial charge on any atom is -0.618 e. The Morgan fingerprint density at radius 3 is 2.65 bits per heavy atom. The Bertz CT molecular complexity index is 1970. The number of aromatic nitrogens is 9. The molecule has 236 valence electrons. The lowest BCUT2D eigenvalue weighted by atomic mass is 10.0. The summed E-state index contributed by atoms with van der Waals surface area (Å²) in [6.45, 7) is 1.57. The molecule has 5 heterocycles. The van der Waals surface area contributed by atoms with Crippen molar-refractivity contribution < 1.29 is 13.9 Å². The van der Waals surface area contributed by atoms with Gasteiger partial charge in [0.15, 0.2) is 12.0 Å². The van der Waals surface area contributed by atoms with Crippen molar-refractivity contribution >= 4 is 17.5 Å². The number of likely N-dealkylation sites (tertiary alicyclic amines) is 1. The fourth-order valence-electron chi connectivity index (χ4n) is 6.27. The molecular weight excluding hydrogens is 615 g/mol. The van der Waals surface area contributed by atoms with Gasteiger partial charge >= 0.3 is 0 Å². The lowest BCUT2D eigenvalue weighted by molar-refractivity contribution is -0.615. The molecule has 1 unspecified atom stereocenters. The maximum atomic E-state index is 15.5. The molecular formula is C31H30ClFN10O3. The lowest BCUT2D eigenvalue weighted by Crippen LogP contribution is -2.37. The zero-order valence-corrected chi connectivity index (χ0v) is 25.7. The first-order valence-corrected chi connectivity index (χ1v) is 15.5. The first-order chi connectivity index (χ1) is 22.3. The summed E-state index contributed by atoms with van der Waals surface area (Å²) in [6, 6.07) is 7.19. The molecule has 4 aromatic heterocycles. The van der Waals surface area contributed by atoms with Crippen LogP contribution in [0.2, 0.25) is 5.02 Å². The highest BCUT2D eigenvalue weighted by molar-refractivity contribution is 6.31. The van der Waals surface area contributed by atoms with Crippen molar-refractivity contribution in [2.24, 2.45) is 18.9 Å². The second kappa shape index (κ2) is 12.1. The molecule has 1 aliphatic heterocycles. The average molecular weight is 645 g/mol. The van der Waals surface area contributed by atoms with Crippen molar-refractivity contribution in [3.05, 3.63) is 93.5 Å². The number of rotatable bonds is 8. The zero-order chi connectivity index (χ0) is 31.9. The summed E-state index contributed by atoms with van der Waals surface area (Å²) < 4.78 is 20.4. The van der Waals surface area contributed by atoms with E-state index in [1.165, 1.54) is 34.0 Å². The Labute approximate surface area is 267 Å². The summed E-state index contributed by atoms with van der Waals surface area (Å²) >= 11 is 6.14. The maximum absolute atomic E-state index is 15.5. The summed E-state index contributed by atoms with van der Waals surface area (Å²) in [5.41, 5.74) is 2.01. The van der Waals surface area contributed by atoms with Gasteiger partial charge in [0.2, 0.25) is 11.6 Å². The molecule has 15 heteroatoms. The van der Waals surface area contributed by atoms with E-state index in [1.54, 1.807) is 48.5 Å². The summed E-state index contributed by atoms with van der Waals surface area (Å²) in [4.78, 5) is 27.5. The Hall–Kier alpha value is -4.98. The topological polar surface area (TPSA) is 144 Å². The van der Waals surface area contributed by atoms with Crippen LogP contribution in [-0.2, 0) is 11.8 Å². The number of aryl methyl sites for hydroxylation is 1. The van der Waals surface area contributed by atoms with Crippen molar-refractivity contribution in [2.75, 3.05) is 13.1 Å². The van der Waals surface area contributed by atoms with Gasteiger partial charge in [-0.1, -0.05) is 11.6 Å². The van der Waals surface area contributed by atoms with Crippen LogP contribution in [0, 0.1) is 22.9 Å². The van der Waals surface area contributed by atoms with E-state index in [-0.39, 0.29) is 39.5 Å². The number of hydrogen-bond donors (Lipinski definition) is 0. The third kappa shape index (κ3) is 5.64. The molecule has 0 bridgehead atoms. The number of tetrazole rings is 1. The first kappa shape index (κ1) is 29.7. The van der Waals surface area contributed by atoms with Gasteiger partial charge in [0, 0.05) is 55.5 Å². The second-order valence-corrected chi connectivity index (χ2v) is 12.2. The summed E-state index contributed by atoms with van der Waals surface area (Å²) in [6.07, 6.45) is 12.0. The van der Waals surface area contributed by atoms with Crippen LogP contribution in [0.5, 0.6) is 0 Å². The number of piperidine rings is 1. The van der Waals surface area contributed by atoms with Crippen LogP contribution in [0.4, 0.5) is 4.39 Å². The fourth-order valence-corrected chi connectivity index (χ4v) is 6.43. The van der Waals surface area contributed by atoms with Crippen molar-refractivity contribution in [3.8, 4) is 27.9 Å². The molecule has 3 atom stereocenters. The number of hydrogen-bond acceptors (Lipinski definition) is 8. The highest BCUT2D eigenvalue weighted by Crippen LogP contribution is 2.46. The van der Waals surface area contributed by atoms with Gasteiger partial charge in [-0.15, -0.1) is 5.10 Å². The van der Waals surface area contributed by atoms with Gasteiger partial charge in [0.25, 0.3) is 5.56 Å². The van der Waals surface area contributed by atoms with E-state index in [4.69, 9.17) is 11.6 Å². The molecule has 1 saturated carbocycles. The largest absolute Gasteiger partial charge is 0.618 e. The highest BCUT2D eigenvalue weighted by atomic mass is 35.5. The second-order valence-electron chi connectivity index (χ2n) is 11.8. The Morgan fingerprint density at radius 1 is 1.11 bits per heavy atom. The third-order valence-corrected chi connectivity index (χ3v) is 9.19. The Balaban J connectivity index is 1.24. The highest BCUT2D eigenvalue weighted by Gasteiger charge is 2.47. The predicted octanol–water partition coefficient (Wildman–Crippen LogP) is 3.34. The molecule has 46 heavy (non-hydrogen) atoms. The molecule has 1 amide bonds. The number of halogens is 2. The van der Waals surface area contributed by atoms with Gasteiger partial charge in [-0.2, -0.15) is 19.6 Å². The molecule has 0 spiro atoms. The van der Waals surface area contributed by atoms with E-state index in [9.17, 15) is 14.8 Å². The van der Waals surface area contributed by atoms with Gasteiger partial charge in [-0.3, -0.25) is 14.3 Å². The molecule has 0 radical (unpaired) electrons. The monoisotopic (exact) mass is 644 g/mol. The number of benzene rings is 1. The fraction of sp³-hybridized carbons (Fsp3) is 0.355. The summed E-state index contributed by atoms with van der Waals surface area (Å²) in [7, 11) is 1.57. The van der Waals surface area contributed by atoms with Crippen LogP contribution in [-0.4, -0.2) is 63.7 Å². The molecule has 13 nitrogen and oxygen atoms in total. The van der Waals surface area contributed by atoms with Crippen LogP contribution in [0.1, 0.15) is 43.8 Å². The van der Waals surface area contributed by atoms with Crippen molar-refractivity contribution in [1.82, 2.24) is 44.7 Å². The number of carbonyl (C=O) groups is 1. The lowest BCUT2D eigenvalue weighted by Gasteiger charge is -2.27. The van der Waals surface area contributed by atoms with E-state index in [1.807, 2.05) is 4.90 Å². The van der Waals surface area contributed by atoms with Crippen LogP contribution in [0.3, 0.4) is 0 Å². The Kier molecular flexibility index (Phi) is 7.80. The normalized spacial score (nSPS) is 18.5. The van der Waals surface area contributed by atoms with Gasteiger partial charge in [-0.05, 0) is 66.6 Å². The summed E-state index contributed by atoms with van der Waals surface area (Å²) in [5, 5.41) is 33.5. The number of pyridine rings is 1. The summed E-state index contributed by atoms with van der Waals surface area (Å²) in [5.74, 6) is -0.576. The smallest absolute Gasteiger partial charge is 0.267 e. The van der Waals surface area contributed by atoms with Crippen LogP contribution in [0.25, 0.3) is 27.9 Å². The minimum atomic E-state index is -0.713. The van der Waals surface area contributed by atoms with Crippen molar-refractivity contribution in [2.45, 2.75) is 38.1 Å². The Morgan fingerprint density at radius 2 is 1.91 bits per heavy atom. The minimum absolute atomic E-state index is 0.0641. The standard InChI is InChI=1S/C31H30ClFN10O3/c1-39-28(44)13-21(14-35-39)22-15-36-41(16-22)27(12-20-11-23(20)31(45)40-9-3-2-4-10-40)25-7-5-19(17-43(25)46)29-26(42-18-34-37-38-42)8-6-24(32)30(29)33/h5-8,13-18,20,23,27H,2-4,9-12H2,1H3/t20-,23+,27?/m0/s1. The van der Waals surface area contributed by atoms with Gasteiger partial charge in [0.1, 0.15) is 12.4 Å². The SMILES string of the molecule is Cn1ncc(-c2cnn(C(C[C@@H]3C[C@H]3C(=O)N3CCCCC3)c3ccc(-c4c(-n5cnnn5)ccc(Cl)c4F)c[n+]3[O-])c2)cc1=O. The number of nitrogens with zero attached hydrogens (tertiary/aromatic N) is 10. The molecule has 1 saturated heterocycles. The number of amides is 1. The molecule has 5 aromatic rings. The molecule has 2 aliphatic rings. The van der Waals surface area contributed by atoms with Gasteiger partial charge < -0.3 is 10.1 Å². The van der Waals surface area contributed by atoms with Gasteiger partial charge in [-0.25, -0.2) is 9.07 Å². The molecule has 1 aromatic carbocycles. The predicted molar refractivity (Wildman–Crippen MR) is 164 cm³/mol. The first-order valence-electron chi connectivity index (χ1n) is 15.1. The van der Waals surface area contributed by atoms with E-state index in [0.717, 1.165) is 38.8 Å². The van der Waals surface area contributed by atoms with Crippen LogP contribution in [0.15, 0.2) is 66.2 Å². The van der Waals surface area contributed by atoms with Crippen LogP contribution >= 0.6 is 11.6 Å². The molecule has 2 fully saturated rings. The van der Waals surface area contributed by atoms with E-state index < -0.39 is 11.9 Å². The van der Waals surface area contributed by atoms with Crippen LogP contribution < -0.4 is 10.3 Å². The quantitative estimate of drug-likeness (QED) is 0.185. The molecule has 1 aliphatic carbocycles. The van der Waals surface area contributed by atoms with Gasteiger partial charge in [0.05, 0.1) is 34.2 Å². The van der Waals surface area contributed by atoms with E-state index in [0.29, 0.717) is 33.7 Å².